The quantitative estimate of drug-likeness (QED) is 0.425. The average Bonchev–Trinajstić information content (AvgIpc) is 2.03. The van der Waals surface area contributed by atoms with Crippen molar-refractivity contribution in [2.24, 2.45) is 4.99 Å². The minimum atomic E-state index is 0.910. The molecule has 56 valence electrons. The van der Waals surface area contributed by atoms with Gasteiger partial charge in [-0.2, -0.15) is 0 Å². The van der Waals surface area contributed by atoms with Crippen LogP contribution >= 0.6 is 0 Å². The van der Waals surface area contributed by atoms with Crippen molar-refractivity contribution in [3.63, 3.8) is 0 Å². The summed E-state index contributed by atoms with van der Waals surface area (Å²) in [6.07, 6.45) is 15.4. The van der Waals surface area contributed by atoms with Gasteiger partial charge >= 0.3 is 0 Å². The van der Waals surface area contributed by atoms with Gasteiger partial charge in [0.25, 0.3) is 0 Å². The molecule has 0 fully saturated rings. The van der Waals surface area contributed by atoms with Crippen molar-refractivity contribution in [2.45, 2.75) is 19.8 Å². The number of hydrogen-bond acceptors (Lipinski definition) is 1. The zero-order chi connectivity index (χ0) is 8.53. The third kappa shape index (κ3) is 5.00. The summed E-state index contributed by atoms with van der Waals surface area (Å²) in [4.78, 5) is 3.57. The van der Waals surface area contributed by atoms with E-state index >= 15 is 0 Å². The first-order chi connectivity index (χ1) is 5.35. The Morgan fingerprint density at radius 2 is 2.27 bits per heavy atom. The van der Waals surface area contributed by atoms with E-state index in [2.05, 4.69) is 23.9 Å². The largest absolute Gasteiger partial charge is 0.206 e. The molecular weight excluding hydrogens is 134 g/mol. The molecule has 0 bridgehead atoms. The summed E-state index contributed by atoms with van der Waals surface area (Å²) in [6, 6.07) is 2.15. The summed E-state index contributed by atoms with van der Waals surface area (Å²) < 4.78 is 0. The average molecular weight is 145 g/mol. The maximum absolute atomic E-state index is 5.21. The molecule has 0 aliphatic heterocycles. The molecule has 0 saturated carbocycles. The van der Waals surface area contributed by atoms with Crippen molar-refractivity contribution in [1.29, 1.82) is 0 Å². The van der Waals surface area contributed by atoms with Gasteiger partial charge in [-0.25, -0.2) is 4.99 Å². The summed E-state index contributed by atoms with van der Waals surface area (Å²) in [5.74, 6) is 2.56. The minimum absolute atomic E-state index is 0.910. The molecule has 0 saturated heterocycles. The zero-order valence-electron chi connectivity index (χ0n) is 6.67. The van der Waals surface area contributed by atoms with Crippen LogP contribution in [0.4, 0.5) is 0 Å². The Kier molecular flexibility index (Phi) is 5.76. The first-order valence-corrected chi connectivity index (χ1v) is 3.49. The van der Waals surface area contributed by atoms with Gasteiger partial charge < -0.3 is 0 Å². The number of allylic oxidation sites excluding steroid dienone is 2. The summed E-state index contributed by atoms with van der Waals surface area (Å²) in [7, 11) is 0. The predicted octanol–water partition coefficient (Wildman–Crippen LogP) is 2.01. The van der Waals surface area contributed by atoms with Crippen LogP contribution in [-0.4, -0.2) is 6.21 Å². The van der Waals surface area contributed by atoms with Crippen LogP contribution < -0.4 is 0 Å². The molecule has 1 nitrogen and oxygen atoms in total. The Balaban J connectivity index is 4.06. The van der Waals surface area contributed by atoms with E-state index in [0.29, 0.717) is 0 Å². The number of aliphatic imine (C=N–C) groups is 1. The molecule has 0 heterocycles. The SMILES string of the molecule is C#CN=C/C=C(\C#C)CCC. The molecular formula is C10H11N. The molecule has 0 atom stereocenters. The molecule has 0 aromatic heterocycles. The zero-order valence-corrected chi connectivity index (χ0v) is 6.67. The van der Waals surface area contributed by atoms with Gasteiger partial charge in [-0.15, -0.1) is 6.42 Å². The molecule has 11 heavy (non-hydrogen) atoms. The van der Waals surface area contributed by atoms with Gasteiger partial charge in [0, 0.05) is 17.8 Å². The fourth-order valence-electron chi connectivity index (χ4n) is 0.643. The fourth-order valence-corrected chi connectivity index (χ4v) is 0.643. The van der Waals surface area contributed by atoms with Crippen molar-refractivity contribution in [1.82, 2.24) is 0 Å². The Morgan fingerprint density at radius 1 is 1.55 bits per heavy atom. The van der Waals surface area contributed by atoms with Gasteiger partial charge in [0.05, 0.1) is 0 Å². The highest BCUT2D eigenvalue weighted by Gasteiger charge is 1.86. The molecule has 0 amide bonds. The molecule has 0 unspecified atom stereocenters. The summed E-state index contributed by atoms with van der Waals surface area (Å²) in [5.41, 5.74) is 0.937. The second kappa shape index (κ2) is 6.65. The molecule has 0 aliphatic carbocycles. The normalized spacial score (nSPS) is 11.0. The first kappa shape index (κ1) is 9.53. The molecule has 0 aromatic rings. The third-order valence-electron chi connectivity index (χ3n) is 1.13. The molecule has 0 aromatic carbocycles. The van der Waals surface area contributed by atoms with Crippen molar-refractivity contribution in [2.75, 3.05) is 0 Å². The van der Waals surface area contributed by atoms with Crippen molar-refractivity contribution < 1.29 is 0 Å². The third-order valence-corrected chi connectivity index (χ3v) is 1.13. The van der Waals surface area contributed by atoms with Gasteiger partial charge in [0.1, 0.15) is 0 Å². The van der Waals surface area contributed by atoms with Gasteiger partial charge in [-0.3, -0.25) is 0 Å². The number of terminal acetylenes is 2. The van der Waals surface area contributed by atoms with Crippen LogP contribution in [0.15, 0.2) is 16.6 Å². The Hall–Kier alpha value is -1.47. The van der Waals surface area contributed by atoms with E-state index in [4.69, 9.17) is 12.8 Å². The summed E-state index contributed by atoms with van der Waals surface area (Å²) >= 11 is 0. The van der Waals surface area contributed by atoms with Gasteiger partial charge in [0.2, 0.25) is 0 Å². The molecule has 0 radical (unpaired) electrons. The van der Waals surface area contributed by atoms with Crippen LogP contribution in [0.1, 0.15) is 19.8 Å². The predicted molar refractivity (Wildman–Crippen MR) is 49.1 cm³/mol. The van der Waals surface area contributed by atoms with E-state index < -0.39 is 0 Å². The van der Waals surface area contributed by atoms with Gasteiger partial charge in [0.15, 0.2) is 0 Å². The number of hydrogen-bond donors (Lipinski definition) is 0. The van der Waals surface area contributed by atoms with E-state index in [1.165, 1.54) is 0 Å². The standard InChI is InChI=1S/C10H11N/c1-4-7-10(5-2)8-9-11-6-3/h2-3,8-9H,4,7H2,1H3/b10-8+,11-9?. The van der Waals surface area contributed by atoms with Crippen LogP contribution in [0.25, 0.3) is 0 Å². The monoisotopic (exact) mass is 145 g/mol. The minimum Gasteiger partial charge on any atom is -0.206 e. The second-order valence-electron chi connectivity index (χ2n) is 1.99. The van der Waals surface area contributed by atoms with E-state index in [-0.39, 0.29) is 0 Å². The van der Waals surface area contributed by atoms with Crippen LogP contribution in [0, 0.1) is 24.8 Å². The fraction of sp³-hybridized carbons (Fsp3) is 0.300. The smallest absolute Gasteiger partial charge is 0.0384 e. The highest BCUT2D eigenvalue weighted by molar-refractivity contribution is 5.74. The number of rotatable bonds is 3. The lowest BCUT2D eigenvalue weighted by Crippen LogP contribution is -1.78. The lowest BCUT2D eigenvalue weighted by atomic mass is 10.1. The van der Waals surface area contributed by atoms with E-state index in [9.17, 15) is 0 Å². The molecule has 0 spiro atoms. The van der Waals surface area contributed by atoms with Crippen molar-refractivity contribution >= 4 is 6.21 Å². The van der Waals surface area contributed by atoms with E-state index in [0.717, 1.165) is 18.4 Å². The second-order valence-corrected chi connectivity index (χ2v) is 1.99. The maximum atomic E-state index is 5.21. The Labute approximate surface area is 68.2 Å². The highest BCUT2D eigenvalue weighted by atomic mass is 14.6. The van der Waals surface area contributed by atoms with Crippen LogP contribution in [-0.2, 0) is 0 Å². The Morgan fingerprint density at radius 3 is 2.73 bits per heavy atom. The molecule has 1 heteroatoms. The maximum Gasteiger partial charge on any atom is 0.0384 e. The highest BCUT2D eigenvalue weighted by Crippen LogP contribution is 2.00. The molecule has 0 aliphatic rings. The van der Waals surface area contributed by atoms with Crippen LogP contribution in [0.3, 0.4) is 0 Å². The lowest BCUT2D eigenvalue weighted by Gasteiger charge is -1.91. The molecule has 0 rings (SSSR count). The van der Waals surface area contributed by atoms with Crippen LogP contribution in [0.5, 0.6) is 0 Å². The van der Waals surface area contributed by atoms with Gasteiger partial charge in [-0.1, -0.05) is 25.7 Å². The van der Waals surface area contributed by atoms with Gasteiger partial charge in [-0.05, 0) is 12.5 Å². The van der Waals surface area contributed by atoms with E-state index in [1.54, 1.807) is 12.3 Å². The van der Waals surface area contributed by atoms with Crippen LogP contribution in [0.2, 0.25) is 0 Å². The summed E-state index contributed by atoms with van der Waals surface area (Å²) in [6.45, 7) is 2.07. The summed E-state index contributed by atoms with van der Waals surface area (Å²) in [5, 5.41) is 0. The topological polar surface area (TPSA) is 12.4 Å². The van der Waals surface area contributed by atoms with Crippen molar-refractivity contribution in [3.05, 3.63) is 11.6 Å². The Bertz CT molecular complexity index is 233. The first-order valence-electron chi connectivity index (χ1n) is 3.49. The molecule has 0 N–H and O–H groups in total. The number of nitrogens with zero attached hydrogens (tertiary/aromatic N) is 1. The van der Waals surface area contributed by atoms with E-state index in [1.807, 2.05) is 0 Å². The lowest BCUT2D eigenvalue weighted by molar-refractivity contribution is 0.934. The van der Waals surface area contributed by atoms with Crippen molar-refractivity contribution in [3.8, 4) is 24.8 Å².